The number of nitrogens with one attached hydrogen (secondary N) is 3. The lowest BCUT2D eigenvalue weighted by molar-refractivity contribution is 0.115. The highest BCUT2D eigenvalue weighted by atomic mass is 32.2. The summed E-state index contributed by atoms with van der Waals surface area (Å²) in [5.41, 5.74) is 0.590. The SMILES string of the molecule is COc1cc(Nc2cc(CO)[nH]n2)nc(N[C@@H]2C[C@H]3CCC[C@@H](C2)N3S(=O)(=O)CC2CC2)n1. The minimum Gasteiger partial charge on any atom is -0.481 e. The fraction of sp³-hybridized carbons (Fsp3) is 0.667. The molecule has 0 aromatic carbocycles. The third-order valence-electron chi connectivity index (χ3n) is 6.67. The van der Waals surface area contributed by atoms with Gasteiger partial charge >= 0.3 is 0 Å². The molecular weight excluding hydrogens is 446 g/mol. The fourth-order valence-corrected chi connectivity index (χ4v) is 7.45. The van der Waals surface area contributed by atoms with Gasteiger partial charge in [0, 0.05) is 30.3 Å². The van der Waals surface area contributed by atoms with Crippen LogP contribution < -0.4 is 15.4 Å². The van der Waals surface area contributed by atoms with Crippen LogP contribution in [0.1, 0.15) is 50.6 Å². The van der Waals surface area contributed by atoms with Crippen molar-refractivity contribution in [2.24, 2.45) is 5.92 Å². The van der Waals surface area contributed by atoms with E-state index in [1.54, 1.807) is 19.2 Å². The van der Waals surface area contributed by atoms with Crippen molar-refractivity contribution >= 4 is 27.6 Å². The first-order valence-electron chi connectivity index (χ1n) is 11.6. The van der Waals surface area contributed by atoms with Crippen LogP contribution in [0.25, 0.3) is 0 Å². The van der Waals surface area contributed by atoms with Gasteiger partial charge in [0.15, 0.2) is 5.82 Å². The first-order chi connectivity index (χ1) is 15.9. The average molecular weight is 478 g/mol. The molecule has 2 bridgehead atoms. The molecule has 2 aromatic rings. The molecule has 0 amide bonds. The van der Waals surface area contributed by atoms with E-state index < -0.39 is 10.0 Å². The van der Waals surface area contributed by atoms with Crippen molar-refractivity contribution in [3.8, 4) is 5.88 Å². The first-order valence-corrected chi connectivity index (χ1v) is 13.2. The smallest absolute Gasteiger partial charge is 0.228 e. The number of aliphatic hydroxyl groups is 1. The summed E-state index contributed by atoms with van der Waals surface area (Å²) < 4.78 is 33.3. The number of fused-ring (bicyclic) bond motifs is 2. The highest BCUT2D eigenvalue weighted by Gasteiger charge is 2.45. The quantitative estimate of drug-likeness (QED) is 0.426. The maximum absolute atomic E-state index is 13.1. The second-order valence-electron chi connectivity index (χ2n) is 9.28. The number of aromatic amines is 1. The Morgan fingerprint density at radius 2 is 1.91 bits per heavy atom. The van der Waals surface area contributed by atoms with E-state index in [4.69, 9.17) is 4.74 Å². The summed E-state index contributed by atoms with van der Waals surface area (Å²) in [4.78, 5) is 8.99. The Morgan fingerprint density at radius 1 is 1.15 bits per heavy atom. The number of nitrogens with zero attached hydrogens (tertiary/aromatic N) is 4. The van der Waals surface area contributed by atoms with E-state index in [1.165, 1.54) is 0 Å². The number of sulfonamides is 1. The molecule has 2 aliphatic heterocycles. The number of aromatic nitrogens is 4. The van der Waals surface area contributed by atoms with E-state index in [-0.39, 0.29) is 24.7 Å². The van der Waals surface area contributed by atoms with Gasteiger partial charge in [0.2, 0.25) is 21.9 Å². The minimum absolute atomic E-state index is 0.0305. The number of rotatable bonds is 9. The Morgan fingerprint density at radius 3 is 2.55 bits per heavy atom. The summed E-state index contributed by atoms with van der Waals surface area (Å²) in [6, 6.07) is 3.51. The lowest BCUT2D eigenvalue weighted by Crippen LogP contribution is -2.57. The van der Waals surface area contributed by atoms with Gasteiger partial charge in [-0.3, -0.25) is 5.10 Å². The zero-order chi connectivity index (χ0) is 23.0. The molecule has 5 rings (SSSR count). The van der Waals surface area contributed by atoms with E-state index in [1.807, 2.05) is 4.31 Å². The van der Waals surface area contributed by atoms with Gasteiger partial charge in [0.05, 0.1) is 25.2 Å². The van der Waals surface area contributed by atoms with Crippen LogP contribution in [0.15, 0.2) is 12.1 Å². The molecule has 4 N–H and O–H groups in total. The van der Waals surface area contributed by atoms with Crippen LogP contribution in [-0.4, -0.2) is 69.0 Å². The monoisotopic (exact) mass is 477 g/mol. The number of piperidine rings is 2. The number of ether oxygens (including phenoxy) is 1. The maximum atomic E-state index is 13.1. The number of aliphatic hydroxyl groups excluding tert-OH is 1. The molecular formula is C21H31N7O4S. The van der Waals surface area contributed by atoms with Crippen molar-refractivity contribution in [3.63, 3.8) is 0 Å². The van der Waals surface area contributed by atoms with Crippen molar-refractivity contribution in [2.45, 2.75) is 69.7 Å². The van der Waals surface area contributed by atoms with E-state index in [0.29, 0.717) is 40.8 Å². The Labute approximate surface area is 193 Å². The molecule has 0 radical (unpaired) electrons. The van der Waals surface area contributed by atoms with Gasteiger partial charge in [-0.2, -0.15) is 19.4 Å². The highest BCUT2D eigenvalue weighted by molar-refractivity contribution is 7.89. The third-order valence-corrected chi connectivity index (χ3v) is 8.81. The summed E-state index contributed by atoms with van der Waals surface area (Å²) in [5, 5.41) is 22.6. The van der Waals surface area contributed by atoms with Crippen LogP contribution in [0.3, 0.4) is 0 Å². The van der Waals surface area contributed by atoms with Crippen LogP contribution in [-0.2, 0) is 16.6 Å². The Hall–Kier alpha value is -2.44. The maximum Gasteiger partial charge on any atom is 0.228 e. The molecule has 0 spiro atoms. The number of hydrogen-bond acceptors (Lipinski definition) is 9. The number of H-pyrrole nitrogens is 1. The van der Waals surface area contributed by atoms with E-state index >= 15 is 0 Å². The molecule has 11 nitrogen and oxygen atoms in total. The molecule has 3 aliphatic rings. The summed E-state index contributed by atoms with van der Waals surface area (Å²) in [5.74, 6) is 2.51. The molecule has 1 aliphatic carbocycles. The fourth-order valence-electron chi connectivity index (χ4n) is 5.06. The molecule has 12 heteroatoms. The van der Waals surface area contributed by atoms with Crippen molar-refractivity contribution in [3.05, 3.63) is 17.8 Å². The second kappa shape index (κ2) is 9.07. The van der Waals surface area contributed by atoms with E-state index in [9.17, 15) is 13.5 Å². The van der Waals surface area contributed by atoms with Gasteiger partial charge in [0.25, 0.3) is 0 Å². The number of anilines is 3. The van der Waals surface area contributed by atoms with Crippen molar-refractivity contribution in [1.82, 2.24) is 24.5 Å². The Kier molecular flexibility index (Phi) is 6.14. The second-order valence-corrected chi connectivity index (χ2v) is 11.2. The predicted molar refractivity (Wildman–Crippen MR) is 123 cm³/mol. The average Bonchev–Trinajstić information content (AvgIpc) is 3.46. The first kappa shape index (κ1) is 22.4. The zero-order valence-electron chi connectivity index (χ0n) is 18.7. The van der Waals surface area contributed by atoms with Gasteiger partial charge in [0.1, 0.15) is 5.82 Å². The van der Waals surface area contributed by atoms with Crippen molar-refractivity contribution < 1.29 is 18.3 Å². The third kappa shape index (κ3) is 5.07. The molecule has 3 fully saturated rings. The summed E-state index contributed by atoms with van der Waals surface area (Å²) in [6.07, 6.45) is 6.42. The number of hydrogen-bond donors (Lipinski definition) is 4. The Bertz CT molecular complexity index is 1070. The zero-order valence-corrected chi connectivity index (χ0v) is 19.5. The summed E-state index contributed by atoms with van der Waals surface area (Å²) in [6.45, 7) is -0.133. The normalized spacial score (nSPS) is 25.6. The predicted octanol–water partition coefficient (Wildman–Crippen LogP) is 1.98. The van der Waals surface area contributed by atoms with Crippen LogP contribution in [0, 0.1) is 5.92 Å². The van der Waals surface area contributed by atoms with Gasteiger partial charge in [-0.1, -0.05) is 6.42 Å². The minimum atomic E-state index is -3.21. The topological polar surface area (TPSA) is 145 Å². The van der Waals surface area contributed by atoms with Crippen molar-refractivity contribution in [1.29, 1.82) is 0 Å². The van der Waals surface area contributed by atoms with Crippen LogP contribution in [0.2, 0.25) is 0 Å². The largest absolute Gasteiger partial charge is 0.481 e. The van der Waals surface area contributed by atoms with Crippen molar-refractivity contribution in [2.75, 3.05) is 23.5 Å². The standard InChI is InChI=1S/C21H31N7O4S/c1-32-20-10-18(23-19-9-15(11-29)26-27-19)24-21(25-20)22-14-7-16-3-2-4-17(8-14)28(16)33(30,31)12-13-5-6-13/h9-10,13-14,16-17,29H,2-8,11-12H2,1H3,(H3,22,23,24,25,26,27)/t14-,16-,17+. The van der Waals surface area contributed by atoms with E-state index in [0.717, 1.165) is 44.9 Å². The van der Waals surface area contributed by atoms with Gasteiger partial charge in [-0.15, -0.1) is 0 Å². The molecule has 3 atom stereocenters. The lowest BCUT2D eigenvalue weighted by atomic mass is 9.84. The van der Waals surface area contributed by atoms with Gasteiger partial charge < -0.3 is 20.5 Å². The molecule has 4 heterocycles. The number of methoxy groups -OCH3 is 1. The molecule has 0 unspecified atom stereocenters. The highest BCUT2D eigenvalue weighted by Crippen LogP contribution is 2.40. The Balaban J connectivity index is 1.30. The molecule has 2 aromatic heterocycles. The molecule has 180 valence electrons. The van der Waals surface area contributed by atoms with Gasteiger partial charge in [-0.05, 0) is 44.4 Å². The van der Waals surface area contributed by atoms with Crippen LogP contribution >= 0.6 is 0 Å². The van der Waals surface area contributed by atoms with Gasteiger partial charge in [-0.25, -0.2) is 8.42 Å². The molecule has 33 heavy (non-hydrogen) atoms. The lowest BCUT2D eigenvalue weighted by Gasteiger charge is -2.47. The van der Waals surface area contributed by atoms with Crippen LogP contribution in [0.4, 0.5) is 17.6 Å². The van der Waals surface area contributed by atoms with Crippen LogP contribution in [0.5, 0.6) is 5.88 Å². The summed E-state index contributed by atoms with van der Waals surface area (Å²) in [7, 11) is -1.67. The summed E-state index contributed by atoms with van der Waals surface area (Å²) >= 11 is 0. The molecule has 1 saturated carbocycles. The molecule has 2 saturated heterocycles. The van der Waals surface area contributed by atoms with E-state index in [2.05, 4.69) is 30.8 Å².